The predicted octanol–water partition coefficient (Wildman–Crippen LogP) is 17.9. The van der Waals surface area contributed by atoms with Crippen molar-refractivity contribution in [2.24, 2.45) is 0 Å². The summed E-state index contributed by atoms with van der Waals surface area (Å²) in [4.78, 5) is 0. The zero-order valence-corrected chi connectivity index (χ0v) is 39.4. The first-order chi connectivity index (χ1) is 34.0. The molecule has 69 heavy (non-hydrogen) atoms. The molecule has 12 aromatic rings. The molecule has 0 radical (unpaired) electrons. The molecule has 0 saturated carbocycles. The normalized spacial score (nSPS) is 12.1. The van der Waals surface area contributed by atoms with Crippen LogP contribution in [0.5, 0.6) is 0 Å². The van der Waals surface area contributed by atoms with Gasteiger partial charge in [-0.2, -0.15) is 0 Å². The molecule has 0 aliphatic heterocycles. The molecule has 0 N–H and O–H groups in total. The Labute approximate surface area is 406 Å². The third-order valence-electron chi connectivity index (χ3n) is 13.9. The van der Waals surface area contributed by atoms with Crippen molar-refractivity contribution < 1.29 is 0 Å². The van der Waals surface area contributed by atoms with Crippen LogP contribution in [-0.2, 0) is 5.41 Å². The Morgan fingerprint density at radius 1 is 0.304 bits per heavy atom. The number of hydrogen-bond donors (Lipinski definition) is 0. The molecule has 0 fully saturated rings. The summed E-state index contributed by atoms with van der Waals surface area (Å²) >= 11 is 0. The molecule has 1 aliphatic carbocycles. The molecule has 0 spiro atoms. The lowest BCUT2D eigenvalue weighted by molar-refractivity contribution is 0.767. The van der Waals surface area contributed by atoms with Gasteiger partial charge < -0.3 is 4.57 Å². The molecule has 1 aliphatic rings. The first-order valence-corrected chi connectivity index (χ1v) is 24.0. The smallest absolute Gasteiger partial charge is 0.0714 e. The van der Waals surface area contributed by atoms with Crippen LogP contribution in [-0.4, -0.2) is 4.57 Å². The van der Waals surface area contributed by atoms with Crippen LogP contribution < -0.4 is 0 Å². The van der Waals surface area contributed by atoms with E-state index in [2.05, 4.69) is 286 Å². The van der Waals surface area contributed by atoms with E-state index in [4.69, 9.17) is 0 Å². The van der Waals surface area contributed by atoms with Crippen molar-refractivity contribution in [3.8, 4) is 39.1 Å². The maximum atomic E-state index is 2.47. The zero-order valence-electron chi connectivity index (χ0n) is 39.4. The number of hydrogen-bond acceptors (Lipinski definition) is 0. The van der Waals surface area contributed by atoms with Gasteiger partial charge in [-0.15, -0.1) is 0 Å². The van der Waals surface area contributed by atoms with Gasteiger partial charge in [0.25, 0.3) is 0 Å². The lowest BCUT2D eigenvalue weighted by atomic mass is 9.67. The number of nitrogens with zero attached hydrogens (tertiary/aromatic N) is 1. The van der Waals surface area contributed by atoms with Crippen molar-refractivity contribution in [2.75, 3.05) is 0 Å². The number of fused-ring (bicyclic) bond motifs is 7. The van der Waals surface area contributed by atoms with Crippen LogP contribution in [0.3, 0.4) is 0 Å². The SMILES string of the molecule is Cc1ccc(-c2ccccc2)cc1.Cc1cccc(-c2ccc3c4ccccc4n(-c4ccc5c(c4)C(c4ccccc4)(c4ccccc4)c4ccccc4-5)c3c2)c1.Cc1cccc2ccccc12. The summed E-state index contributed by atoms with van der Waals surface area (Å²) in [6.45, 7) is 6.41. The summed E-state index contributed by atoms with van der Waals surface area (Å²) in [5.41, 5.74) is 19.9. The first-order valence-electron chi connectivity index (χ1n) is 24.0. The molecule has 0 bridgehead atoms. The molecule has 1 heterocycles. The quantitative estimate of drug-likeness (QED) is 0.162. The molecule has 13 rings (SSSR count). The van der Waals surface area contributed by atoms with Gasteiger partial charge in [-0.1, -0.05) is 254 Å². The fraction of sp³-hybridized carbons (Fsp3) is 0.0588. The van der Waals surface area contributed by atoms with Crippen LogP contribution in [0.2, 0.25) is 0 Å². The summed E-state index contributed by atoms with van der Waals surface area (Å²) in [6, 6.07) is 96.6. The minimum absolute atomic E-state index is 0.435. The van der Waals surface area contributed by atoms with E-state index in [0.29, 0.717) is 0 Å². The van der Waals surface area contributed by atoms with E-state index in [9.17, 15) is 0 Å². The number of aromatic nitrogens is 1. The summed E-state index contributed by atoms with van der Waals surface area (Å²) < 4.78 is 2.47. The topological polar surface area (TPSA) is 4.93 Å². The fourth-order valence-electron chi connectivity index (χ4n) is 10.6. The van der Waals surface area contributed by atoms with Crippen LogP contribution >= 0.6 is 0 Å². The average molecular weight is 884 g/mol. The van der Waals surface area contributed by atoms with Gasteiger partial charge in [-0.25, -0.2) is 0 Å². The van der Waals surface area contributed by atoms with E-state index in [-0.39, 0.29) is 0 Å². The third kappa shape index (κ3) is 8.03. The molecule has 0 amide bonds. The minimum Gasteiger partial charge on any atom is -0.309 e. The van der Waals surface area contributed by atoms with E-state index in [0.717, 1.165) is 0 Å². The number of rotatable bonds is 5. The van der Waals surface area contributed by atoms with Crippen molar-refractivity contribution >= 4 is 32.6 Å². The Morgan fingerprint density at radius 2 is 0.841 bits per heavy atom. The molecule has 0 unspecified atom stereocenters. The van der Waals surface area contributed by atoms with Gasteiger partial charge >= 0.3 is 0 Å². The van der Waals surface area contributed by atoms with Crippen molar-refractivity contribution in [1.82, 2.24) is 4.57 Å². The van der Waals surface area contributed by atoms with Crippen molar-refractivity contribution in [3.05, 3.63) is 306 Å². The largest absolute Gasteiger partial charge is 0.309 e. The molecule has 1 nitrogen and oxygen atoms in total. The van der Waals surface area contributed by atoms with Crippen LogP contribution in [0.1, 0.15) is 38.9 Å². The summed E-state index contributed by atoms with van der Waals surface area (Å²) in [5, 5.41) is 5.22. The van der Waals surface area contributed by atoms with E-state index in [1.54, 1.807) is 0 Å². The van der Waals surface area contributed by atoms with Gasteiger partial charge in [0.1, 0.15) is 0 Å². The molecular weight excluding hydrogens is 831 g/mol. The van der Waals surface area contributed by atoms with Gasteiger partial charge in [0.05, 0.1) is 16.4 Å². The highest BCUT2D eigenvalue weighted by Crippen LogP contribution is 2.56. The molecule has 330 valence electrons. The van der Waals surface area contributed by atoms with Crippen LogP contribution in [0, 0.1) is 20.8 Å². The Kier molecular flexibility index (Phi) is 11.6. The fourth-order valence-corrected chi connectivity index (χ4v) is 10.6. The Balaban J connectivity index is 0.000000175. The monoisotopic (exact) mass is 883 g/mol. The van der Waals surface area contributed by atoms with Crippen molar-refractivity contribution in [1.29, 1.82) is 0 Å². The van der Waals surface area contributed by atoms with Gasteiger partial charge in [0.15, 0.2) is 0 Å². The van der Waals surface area contributed by atoms with E-state index < -0.39 is 5.41 Å². The van der Waals surface area contributed by atoms with Crippen molar-refractivity contribution in [2.45, 2.75) is 26.2 Å². The van der Waals surface area contributed by atoms with E-state index in [1.165, 1.54) is 111 Å². The second kappa shape index (κ2) is 18.6. The van der Waals surface area contributed by atoms with Crippen LogP contribution in [0.15, 0.2) is 267 Å². The molecule has 11 aromatic carbocycles. The lowest BCUT2D eigenvalue weighted by Crippen LogP contribution is -2.28. The molecule has 1 heteroatoms. The van der Waals surface area contributed by atoms with Gasteiger partial charge in [-0.05, 0) is 117 Å². The van der Waals surface area contributed by atoms with Gasteiger partial charge in [0, 0.05) is 16.5 Å². The van der Waals surface area contributed by atoms with Crippen molar-refractivity contribution in [3.63, 3.8) is 0 Å². The average Bonchev–Trinajstić information content (AvgIpc) is 3.90. The zero-order chi connectivity index (χ0) is 46.7. The second-order valence-electron chi connectivity index (χ2n) is 18.2. The van der Waals surface area contributed by atoms with E-state index in [1.807, 2.05) is 6.07 Å². The van der Waals surface area contributed by atoms with Gasteiger partial charge in [-0.3, -0.25) is 0 Å². The summed E-state index contributed by atoms with van der Waals surface area (Å²) in [7, 11) is 0. The summed E-state index contributed by atoms with van der Waals surface area (Å²) in [6.07, 6.45) is 0. The highest BCUT2D eigenvalue weighted by Gasteiger charge is 2.46. The highest BCUT2D eigenvalue weighted by molar-refractivity contribution is 6.10. The van der Waals surface area contributed by atoms with Gasteiger partial charge in [0.2, 0.25) is 0 Å². The first kappa shape index (κ1) is 43.1. The van der Waals surface area contributed by atoms with Crippen LogP contribution in [0.25, 0.3) is 71.6 Å². The number of benzene rings is 11. The van der Waals surface area contributed by atoms with Crippen LogP contribution in [0.4, 0.5) is 0 Å². The maximum absolute atomic E-state index is 2.47. The minimum atomic E-state index is -0.435. The predicted molar refractivity (Wildman–Crippen MR) is 294 cm³/mol. The standard InChI is InChI=1S/C44H31N.C13H12.C11H10/c1-30-13-12-14-31(27-30)32-23-25-39-38-20-9-11-22-42(38)45(43(39)28-32)35-24-26-37-36-19-8-10-21-40(36)44(41(37)29-35,33-15-4-2-5-16-33)34-17-6-3-7-18-34;1-11-7-9-13(10-8-11)12-5-3-2-4-6-12;1-9-5-4-7-10-6-2-3-8-11(9)10/h2-29H,1H3;2-10H,1H3;2-8H,1H3. The molecule has 1 aromatic heterocycles. The molecule has 0 atom stereocenters. The lowest BCUT2D eigenvalue weighted by Gasteiger charge is -2.34. The maximum Gasteiger partial charge on any atom is 0.0714 e. The van der Waals surface area contributed by atoms with E-state index >= 15 is 0 Å². The molecular formula is C68H53N. The number of aryl methyl sites for hydroxylation is 3. The third-order valence-corrected chi connectivity index (χ3v) is 13.9. The highest BCUT2D eigenvalue weighted by atomic mass is 15.0. The Morgan fingerprint density at radius 3 is 1.57 bits per heavy atom. The Hall–Kier alpha value is -8.52. The second-order valence-corrected chi connectivity index (χ2v) is 18.2. The molecule has 0 saturated heterocycles. The number of para-hydroxylation sites is 1. The Bertz CT molecular complexity index is 3690. The summed E-state index contributed by atoms with van der Waals surface area (Å²) in [5.74, 6) is 0.